The van der Waals surface area contributed by atoms with Crippen molar-refractivity contribution in [1.82, 2.24) is 4.98 Å². The highest BCUT2D eigenvalue weighted by Gasteiger charge is 2.14. The van der Waals surface area contributed by atoms with Gasteiger partial charge in [-0.15, -0.1) is 0 Å². The van der Waals surface area contributed by atoms with Gasteiger partial charge in [0.2, 0.25) is 0 Å². The molecule has 0 saturated carbocycles. The van der Waals surface area contributed by atoms with Crippen LogP contribution in [0.2, 0.25) is 0 Å². The molecule has 19 heavy (non-hydrogen) atoms. The van der Waals surface area contributed by atoms with Gasteiger partial charge in [-0.25, -0.2) is 0 Å². The Morgan fingerprint density at radius 2 is 2.42 bits per heavy atom. The van der Waals surface area contributed by atoms with Crippen LogP contribution in [0.1, 0.15) is 31.2 Å². The summed E-state index contributed by atoms with van der Waals surface area (Å²) in [6, 6.07) is 1.89. The Labute approximate surface area is 114 Å². The molecule has 2 rings (SSSR count). The molecule has 0 bridgehead atoms. The Bertz CT molecular complexity index is 445. The molecular weight excluding hydrogens is 240 g/mol. The lowest BCUT2D eigenvalue weighted by Crippen LogP contribution is -2.07. The summed E-state index contributed by atoms with van der Waals surface area (Å²) in [4.78, 5) is 4.10. The Morgan fingerprint density at radius 3 is 3.21 bits per heavy atom. The van der Waals surface area contributed by atoms with Crippen LogP contribution in [0.15, 0.2) is 18.5 Å². The molecule has 2 heterocycles. The number of pyridine rings is 1. The number of aromatic nitrogens is 1. The predicted octanol–water partition coefficient (Wildman–Crippen LogP) is 1.73. The van der Waals surface area contributed by atoms with Gasteiger partial charge in [0, 0.05) is 18.4 Å². The van der Waals surface area contributed by atoms with E-state index < -0.39 is 0 Å². The maximum Gasteiger partial charge on any atom is 0.138 e. The van der Waals surface area contributed by atoms with Crippen molar-refractivity contribution in [2.45, 2.75) is 31.8 Å². The minimum atomic E-state index is 0.354. The van der Waals surface area contributed by atoms with Crippen molar-refractivity contribution in [3.63, 3.8) is 0 Å². The molecule has 0 aromatic carbocycles. The molecule has 0 spiro atoms. The fourth-order valence-corrected chi connectivity index (χ4v) is 2.09. The van der Waals surface area contributed by atoms with Gasteiger partial charge in [0.15, 0.2) is 0 Å². The molecule has 1 unspecified atom stereocenters. The highest BCUT2D eigenvalue weighted by Crippen LogP contribution is 2.17. The maximum atomic E-state index is 5.67. The number of nitrogens with zero attached hydrogens (tertiary/aromatic N) is 1. The third-order valence-corrected chi connectivity index (χ3v) is 3.01. The first kappa shape index (κ1) is 13.9. The molecule has 1 aromatic heterocycles. The molecule has 2 N–H and O–H groups in total. The summed E-state index contributed by atoms with van der Waals surface area (Å²) in [6.45, 7) is 1.96. The first-order chi connectivity index (χ1) is 9.38. The van der Waals surface area contributed by atoms with E-state index >= 15 is 0 Å². The first-order valence-corrected chi connectivity index (χ1v) is 6.77. The smallest absolute Gasteiger partial charge is 0.138 e. The summed E-state index contributed by atoms with van der Waals surface area (Å²) in [7, 11) is 0. The van der Waals surface area contributed by atoms with Gasteiger partial charge in [-0.3, -0.25) is 4.98 Å². The molecule has 1 atom stereocenters. The summed E-state index contributed by atoms with van der Waals surface area (Å²) < 4.78 is 11.2. The van der Waals surface area contributed by atoms with Crippen LogP contribution in [0.5, 0.6) is 5.75 Å². The van der Waals surface area contributed by atoms with Crippen LogP contribution in [0.25, 0.3) is 0 Å². The van der Waals surface area contributed by atoms with Crippen molar-refractivity contribution in [2.24, 2.45) is 5.73 Å². The van der Waals surface area contributed by atoms with Crippen LogP contribution < -0.4 is 10.5 Å². The summed E-state index contributed by atoms with van der Waals surface area (Å²) in [5, 5.41) is 0. The second-order valence-electron chi connectivity index (χ2n) is 4.54. The fourth-order valence-electron chi connectivity index (χ4n) is 2.09. The van der Waals surface area contributed by atoms with Crippen molar-refractivity contribution in [3.05, 3.63) is 24.0 Å². The van der Waals surface area contributed by atoms with E-state index in [9.17, 15) is 0 Å². The van der Waals surface area contributed by atoms with Crippen molar-refractivity contribution < 1.29 is 9.47 Å². The quantitative estimate of drug-likeness (QED) is 0.647. The van der Waals surface area contributed by atoms with Gasteiger partial charge in [-0.2, -0.15) is 0 Å². The number of hydrogen-bond acceptors (Lipinski definition) is 4. The zero-order valence-electron chi connectivity index (χ0n) is 11.1. The van der Waals surface area contributed by atoms with E-state index in [0.29, 0.717) is 19.3 Å². The third kappa shape index (κ3) is 4.90. The van der Waals surface area contributed by atoms with Gasteiger partial charge in [0.05, 0.1) is 25.5 Å². The lowest BCUT2D eigenvalue weighted by Gasteiger charge is -2.09. The predicted molar refractivity (Wildman–Crippen MR) is 73.9 cm³/mol. The van der Waals surface area contributed by atoms with Crippen LogP contribution >= 0.6 is 0 Å². The van der Waals surface area contributed by atoms with Crippen LogP contribution in [0.4, 0.5) is 0 Å². The monoisotopic (exact) mass is 260 g/mol. The van der Waals surface area contributed by atoms with Gasteiger partial charge in [0.1, 0.15) is 5.75 Å². The van der Waals surface area contributed by atoms with Crippen LogP contribution in [-0.2, 0) is 4.74 Å². The van der Waals surface area contributed by atoms with Gasteiger partial charge < -0.3 is 15.2 Å². The third-order valence-electron chi connectivity index (χ3n) is 3.01. The van der Waals surface area contributed by atoms with E-state index in [1.807, 2.05) is 6.07 Å². The van der Waals surface area contributed by atoms with E-state index in [1.165, 1.54) is 12.8 Å². The number of nitrogens with two attached hydrogens (primary N) is 1. The van der Waals surface area contributed by atoms with Crippen molar-refractivity contribution >= 4 is 0 Å². The van der Waals surface area contributed by atoms with Crippen molar-refractivity contribution in [2.75, 3.05) is 19.8 Å². The van der Waals surface area contributed by atoms with Crippen LogP contribution in [-0.4, -0.2) is 30.8 Å². The number of hydrogen-bond donors (Lipinski definition) is 1. The van der Waals surface area contributed by atoms with E-state index in [4.69, 9.17) is 15.2 Å². The molecule has 0 radical (unpaired) electrons. The molecule has 1 fully saturated rings. The summed E-state index contributed by atoms with van der Waals surface area (Å²) in [5.74, 6) is 6.50. The Morgan fingerprint density at radius 1 is 1.47 bits per heavy atom. The zero-order valence-corrected chi connectivity index (χ0v) is 11.1. The number of ether oxygens (including phenoxy) is 2. The SMILES string of the molecule is NCC#Cc1cncc(OCCCC2CCCO2)c1. The normalized spacial score (nSPS) is 17.8. The van der Waals surface area contributed by atoms with Crippen molar-refractivity contribution in [3.8, 4) is 17.6 Å². The molecule has 1 aliphatic rings. The molecule has 0 amide bonds. The molecule has 0 aliphatic carbocycles. The molecule has 1 aromatic rings. The standard InChI is InChI=1S/C15H20N2O2/c16-7-1-4-13-10-15(12-17-11-13)19-9-3-6-14-5-2-8-18-14/h10-12,14H,2-3,5-9,16H2. The molecule has 1 saturated heterocycles. The Balaban J connectivity index is 1.72. The molecule has 1 aliphatic heterocycles. The molecule has 4 nitrogen and oxygen atoms in total. The molecule has 102 valence electrons. The zero-order chi connectivity index (χ0) is 13.3. The lowest BCUT2D eigenvalue weighted by molar-refractivity contribution is 0.0981. The highest BCUT2D eigenvalue weighted by atomic mass is 16.5. The van der Waals surface area contributed by atoms with Gasteiger partial charge in [-0.1, -0.05) is 11.8 Å². The van der Waals surface area contributed by atoms with E-state index in [2.05, 4.69) is 16.8 Å². The van der Waals surface area contributed by atoms with E-state index in [0.717, 1.165) is 30.8 Å². The second-order valence-corrected chi connectivity index (χ2v) is 4.54. The molecule has 4 heteroatoms. The lowest BCUT2D eigenvalue weighted by atomic mass is 10.1. The minimum Gasteiger partial charge on any atom is -0.492 e. The second kappa shape index (κ2) is 7.78. The number of rotatable bonds is 5. The maximum absolute atomic E-state index is 5.67. The average molecular weight is 260 g/mol. The topological polar surface area (TPSA) is 57.4 Å². The van der Waals surface area contributed by atoms with Gasteiger partial charge in [0.25, 0.3) is 0 Å². The average Bonchev–Trinajstić information content (AvgIpc) is 2.95. The summed E-state index contributed by atoms with van der Waals surface area (Å²) in [5.41, 5.74) is 6.17. The minimum absolute atomic E-state index is 0.354. The van der Waals surface area contributed by atoms with Gasteiger partial charge >= 0.3 is 0 Å². The van der Waals surface area contributed by atoms with Crippen molar-refractivity contribution in [1.29, 1.82) is 0 Å². The van der Waals surface area contributed by atoms with Crippen LogP contribution in [0, 0.1) is 11.8 Å². The Kier molecular flexibility index (Phi) is 5.67. The summed E-state index contributed by atoms with van der Waals surface area (Å²) >= 11 is 0. The Hall–Kier alpha value is -1.57. The molecular formula is C15H20N2O2. The van der Waals surface area contributed by atoms with Gasteiger partial charge in [-0.05, 0) is 31.7 Å². The largest absolute Gasteiger partial charge is 0.492 e. The highest BCUT2D eigenvalue weighted by molar-refractivity contribution is 5.36. The summed E-state index contributed by atoms with van der Waals surface area (Å²) in [6.07, 6.45) is 8.30. The first-order valence-electron chi connectivity index (χ1n) is 6.77. The van der Waals surface area contributed by atoms with Crippen LogP contribution in [0.3, 0.4) is 0 Å². The van der Waals surface area contributed by atoms with E-state index in [-0.39, 0.29) is 0 Å². The van der Waals surface area contributed by atoms with E-state index in [1.54, 1.807) is 12.4 Å². The fraction of sp³-hybridized carbons (Fsp3) is 0.533.